The second-order valence-corrected chi connectivity index (χ2v) is 4.81. The highest BCUT2D eigenvalue weighted by molar-refractivity contribution is 9.10. The number of nitrogens with one attached hydrogen (secondary N) is 1. The fourth-order valence-corrected chi connectivity index (χ4v) is 2.31. The molecule has 3 heteroatoms. The van der Waals surface area contributed by atoms with E-state index in [1.54, 1.807) is 0 Å². The number of halogens is 1. The average molecular weight is 268 g/mol. The second kappa shape index (κ2) is 4.35. The Balaban J connectivity index is 2.01. The van der Waals surface area contributed by atoms with E-state index in [1.807, 2.05) is 19.1 Å². The molecule has 1 aliphatic carbocycles. The largest absolute Gasteiger partial charge is 0.356 e. The number of carbonyl (C=O) groups excluding carboxylic acids is 1. The van der Waals surface area contributed by atoms with Gasteiger partial charge in [-0.3, -0.25) is 4.79 Å². The third-order valence-electron chi connectivity index (χ3n) is 2.76. The monoisotopic (exact) mass is 267 g/mol. The first-order chi connectivity index (χ1) is 7.22. The van der Waals surface area contributed by atoms with Gasteiger partial charge >= 0.3 is 0 Å². The molecular weight excluding hydrogens is 254 g/mol. The standard InChI is InChI=1S/C12H14BrNO/c1-2-14-12(15)11-7-10(11)8-4-3-5-9(13)6-8/h3-6,10-11H,2,7H2,1H3,(H,14,15)/t10-,11+/m0/s1. The molecule has 1 saturated carbocycles. The van der Waals surface area contributed by atoms with Crippen LogP contribution in [0.15, 0.2) is 28.7 Å². The molecule has 80 valence electrons. The van der Waals surface area contributed by atoms with Gasteiger partial charge in [0.2, 0.25) is 5.91 Å². The third-order valence-corrected chi connectivity index (χ3v) is 3.25. The molecule has 0 aliphatic heterocycles. The SMILES string of the molecule is CCNC(=O)[C@@H]1C[C@H]1c1cccc(Br)c1. The van der Waals surface area contributed by atoms with Gasteiger partial charge in [0, 0.05) is 16.9 Å². The van der Waals surface area contributed by atoms with Gasteiger partial charge in [-0.2, -0.15) is 0 Å². The molecule has 1 aromatic rings. The summed E-state index contributed by atoms with van der Waals surface area (Å²) < 4.78 is 1.08. The highest BCUT2D eigenvalue weighted by atomic mass is 79.9. The van der Waals surface area contributed by atoms with E-state index in [0.717, 1.165) is 17.4 Å². The van der Waals surface area contributed by atoms with Crippen molar-refractivity contribution in [1.82, 2.24) is 5.32 Å². The summed E-state index contributed by atoms with van der Waals surface area (Å²) in [5, 5.41) is 2.87. The van der Waals surface area contributed by atoms with Gasteiger partial charge in [-0.15, -0.1) is 0 Å². The predicted octanol–water partition coefficient (Wildman–Crippen LogP) is 2.69. The van der Waals surface area contributed by atoms with Crippen LogP contribution < -0.4 is 5.32 Å². The maximum Gasteiger partial charge on any atom is 0.223 e. The van der Waals surface area contributed by atoms with E-state index in [2.05, 4.69) is 33.4 Å². The first-order valence-electron chi connectivity index (χ1n) is 5.25. The minimum absolute atomic E-state index is 0.194. The highest BCUT2D eigenvalue weighted by Gasteiger charge is 2.43. The maximum absolute atomic E-state index is 11.6. The zero-order chi connectivity index (χ0) is 10.8. The number of amides is 1. The molecule has 0 aromatic heterocycles. The summed E-state index contributed by atoms with van der Waals surface area (Å²) in [6.07, 6.45) is 0.988. The molecule has 0 heterocycles. The van der Waals surface area contributed by atoms with E-state index >= 15 is 0 Å². The molecule has 1 fully saturated rings. The minimum atomic E-state index is 0.194. The second-order valence-electron chi connectivity index (χ2n) is 3.90. The Morgan fingerprint density at radius 3 is 3.07 bits per heavy atom. The molecular formula is C12H14BrNO. The van der Waals surface area contributed by atoms with Gasteiger partial charge in [-0.05, 0) is 37.0 Å². The highest BCUT2D eigenvalue weighted by Crippen LogP contribution is 2.47. The Hall–Kier alpha value is -0.830. The van der Waals surface area contributed by atoms with Crippen molar-refractivity contribution in [3.63, 3.8) is 0 Å². The summed E-state index contributed by atoms with van der Waals surface area (Å²) in [4.78, 5) is 11.6. The van der Waals surface area contributed by atoms with Gasteiger partial charge in [-0.1, -0.05) is 28.1 Å². The van der Waals surface area contributed by atoms with Gasteiger partial charge in [0.15, 0.2) is 0 Å². The van der Waals surface area contributed by atoms with Gasteiger partial charge in [0.1, 0.15) is 0 Å². The molecule has 1 N–H and O–H groups in total. The molecule has 1 aliphatic rings. The lowest BCUT2D eigenvalue weighted by Crippen LogP contribution is -2.24. The third kappa shape index (κ3) is 2.40. The number of hydrogen-bond acceptors (Lipinski definition) is 1. The van der Waals surface area contributed by atoms with Crippen LogP contribution in [0.25, 0.3) is 0 Å². The summed E-state index contributed by atoms with van der Waals surface area (Å²) in [6.45, 7) is 2.68. The van der Waals surface area contributed by atoms with Crippen molar-refractivity contribution < 1.29 is 4.79 Å². The Kier molecular flexibility index (Phi) is 3.10. The van der Waals surface area contributed by atoms with Crippen LogP contribution in [0.5, 0.6) is 0 Å². The van der Waals surface area contributed by atoms with Gasteiger partial charge in [0.25, 0.3) is 0 Å². The van der Waals surface area contributed by atoms with E-state index in [-0.39, 0.29) is 11.8 Å². The van der Waals surface area contributed by atoms with Crippen molar-refractivity contribution in [2.75, 3.05) is 6.54 Å². The van der Waals surface area contributed by atoms with Crippen LogP contribution in [0.4, 0.5) is 0 Å². The Labute approximate surface area is 98.2 Å². The molecule has 0 spiro atoms. The Bertz CT molecular complexity index is 378. The van der Waals surface area contributed by atoms with E-state index in [1.165, 1.54) is 5.56 Å². The average Bonchev–Trinajstić information content (AvgIpc) is 2.97. The fraction of sp³-hybridized carbons (Fsp3) is 0.417. The van der Waals surface area contributed by atoms with Crippen molar-refractivity contribution in [2.24, 2.45) is 5.92 Å². The van der Waals surface area contributed by atoms with E-state index < -0.39 is 0 Å². The van der Waals surface area contributed by atoms with Gasteiger partial charge < -0.3 is 5.32 Å². The van der Waals surface area contributed by atoms with Gasteiger partial charge in [-0.25, -0.2) is 0 Å². The van der Waals surface area contributed by atoms with Crippen molar-refractivity contribution in [1.29, 1.82) is 0 Å². The zero-order valence-corrected chi connectivity index (χ0v) is 10.3. The Morgan fingerprint density at radius 1 is 1.60 bits per heavy atom. The van der Waals surface area contributed by atoms with E-state index in [0.29, 0.717) is 5.92 Å². The van der Waals surface area contributed by atoms with Crippen LogP contribution in [0.2, 0.25) is 0 Å². The van der Waals surface area contributed by atoms with E-state index in [9.17, 15) is 4.79 Å². The summed E-state index contributed by atoms with van der Waals surface area (Å²) in [6, 6.07) is 8.22. The topological polar surface area (TPSA) is 29.1 Å². The first kappa shape index (κ1) is 10.7. The zero-order valence-electron chi connectivity index (χ0n) is 8.66. The predicted molar refractivity (Wildman–Crippen MR) is 63.7 cm³/mol. The van der Waals surface area contributed by atoms with Crippen molar-refractivity contribution >= 4 is 21.8 Å². The molecule has 0 bridgehead atoms. The van der Waals surface area contributed by atoms with Crippen molar-refractivity contribution in [3.05, 3.63) is 34.3 Å². The van der Waals surface area contributed by atoms with E-state index in [4.69, 9.17) is 0 Å². The van der Waals surface area contributed by atoms with Crippen LogP contribution in [-0.2, 0) is 4.79 Å². The molecule has 1 amide bonds. The fourth-order valence-electron chi connectivity index (χ4n) is 1.90. The summed E-state index contributed by atoms with van der Waals surface area (Å²) >= 11 is 3.45. The van der Waals surface area contributed by atoms with Crippen LogP contribution in [0, 0.1) is 5.92 Å². The molecule has 0 saturated heterocycles. The Morgan fingerprint density at radius 2 is 2.40 bits per heavy atom. The lowest BCUT2D eigenvalue weighted by atomic mass is 10.1. The molecule has 0 radical (unpaired) electrons. The van der Waals surface area contributed by atoms with Crippen LogP contribution in [-0.4, -0.2) is 12.5 Å². The van der Waals surface area contributed by atoms with Crippen molar-refractivity contribution in [2.45, 2.75) is 19.3 Å². The maximum atomic E-state index is 11.6. The summed E-state index contributed by atoms with van der Waals surface area (Å²) in [5.74, 6) is 0.816. The molecule has 0 unspecified atom stereocenters. The minimum Gasteiger partial charge on any atom is -0.356 e. The quantitative estimate of drug-likeness (QED) is 0.897. The number of hydrogen-bond donors (Lipinski definition) is 1. The summed E-state index contributed by atoms with van der Waals surface area (Å²) in [7, 11) is 0. The lowest BCUT2D eigenvalue weighted by Gasteiger charge is -2.02. The number of rotatable bonds is 3. The van der Waals surface area contributed by atoms with Gasteiger partial charge in [0.05, 0.1) is 0 Å². The molecule has 2 rings (SSSR count). The smallest absolute Gasteiger partial charge is 0.223 e. The lowest BCUT2D eigenvalue weighted by molar-refractivity contribution is -0.122. The summed E-state index contributed by atoms with van der Waals surface area (Å²) in [5.41, 5.74) is 1.26. The molecule has 15 heavy (non-hydrogen) atoms. The van der Waals surface area contributed by atoms with Crippen LogP contribution in [0.3, 0.4) is 0 Å². The molecule has 2 atom stereocenters. The normalized spacial score (nSPS) is 23.6. The van der Waals surface area contributed by atoms with Crippen molar-refractivity contribution in [3.8, 4) is 0 Å². The molecule has 2 nitrogen and oxygen atoms in total. The first-order valence-corrected chi connectivity index (χ1v) is 6.05. The van der Waals surface area contributed by atoms with Crippen LogP contribution >= 0.6 is 15.9 Å². The molecule has 1 aromatic carbocycles. The number of carbonyl (C=O) groups is 1. The van der Waals surface area contributed by atoms with Crippen LogP contribution in [0.1, 0.15) is 24.8 Å². The number of benzene rings is 1.